The minimum Gasteiger partial charge on any atom is -0.345 e. The van der Waals surface area contributed by atoms with Gasteiger partial charge in [0, 0.05) is 6.54 Å². The first kappa shape index (κ1) is 9.38. The molecule has 0 aromatic rings. The van der Waals surface area contributed by atoms with Crippen LogP contribution in [0.3, 0.4) is 0 Å². The molecule has 1 rings (SSSR count). The summed E-state index contributed by atoms with van der Waals surface area (Å²) in [4.78, 5) is 10.6. The van der Waals surface area contributed by atoms with Crippen molar-refractivity contribution in [3.05, 3.63) is 0 Å². The number of alkyl halides is 2. The molecular weight excluding hydrogens is 166 g/mol. The van der Waals surface area contributed by atoms with Crippen LogP contribution in [0.1, 0.15) is 13.3 Å². The Kier molecular flexibility index (Phi) is 2.62. The molecule has 1 saturated heterocycles. The molecule has 0 saturated carbocycles. The smallest absolute Gasteiger partial charge is 0.315 e. The second-order valence-electron chi connectivity index (χ2n) is 3.28. The first-order chi connectivity index (χ1) is 5.53. The third-order valence-electron chi connectivity index (χ3n) is 1.99. The van der Waals surface area contributed by atoms with E-state index in [1.165, 1.54) is 0 Å². The number of hydrogen-bond acceptors (Lipinski definition) is 2. The lowest BCUT2D eigenvalue weighted by molar-refractivity contribution is -0.133. The van der Waals surface area contributed by atoms with Crippen molar-refractivity contribution in [2.75, 3.05) is 13.1 Å². The van der Waals surface area contributed by atoms with Gasteiger partial charge in [0.2, 0.25) is 0 Å². The maximum Gasteiger partial charge on any atom is 0.315 e. The quantitative estimate of drug-likeness (QED) is 0.630. The van der Waals surface area contributed by atoms with Crippen LogP contribution in [0.15, 0.2) is 0 Å². The summed E-state index contributed by atoms with van der Waals surface area (Å²) in [6.07, 6.45) is -2.21. The summed E-state index contributed by atoms with van der Waals surface area (Å²) < 4.78 is 23.6. The zero-order valence-corrected chi connectivity index (χ0v) is 6.86. The van der Waals surface area contributed by atoms with Crippen molar-refractivity contribution in [1.82, 2.24) is 10.6 Å². The Balaban J connectivity index is 2.44. The Morgan fingerprint density at radius 3 is 2.75 bits per heavy atom. The monoisotopic (exact) mass is 178 g/mol. The summed E-state index contributed by atoms with van der Waals surface area (Å²) in [5.41, 5.74) is -0.493. The van der Waals surface area contributed by atoms with Crippen molar-refractivity contribution in [2.24, 2.45) is 0 Å². The molecule has 2 N–H and O–H groups in total. The molecule has 3 nitrogen and oxygen atoms in total. The summed E-state index contributed by atoms with van der Waals surface area (Å²) in [5, 5.41) is 5.30. The molecule has 1 aliphatic heterocycles. The molecule has 70 valence electrons. The molecule has 1 atom stereocenters. The molecule has 1 unspecified atom stereocenters. The number of amides is 1. The SMILES string of the molecule is CC1(NC(=O)C(F)F)CCNC1. The van der Waals surface area contributed by atoms with Crippen LogP contribution in [0.2, 0.25) is 0 Å². The van der Waals surface area contributed by atoms with Gasteiger partial charge in [0.15, 0.2) is 0 Å². The van der Waals surface area contributed by atoms with Crippen LogP contribution in [0.5, 0.6) is 0 Å². The molecule has 0 aromatic heterocycles. The molecule has 1 amide bonds. The summed E-state index contributed by atoms with van der Waals surface area (Å²) in [6, 6.07) is 0. The number of halogens is 2. The van der Waals surface area contributed by atoms with E-state index < -0.39 is 17.9 Å². The van der Waals surface area contributed by atoms with E-state index in [1.807, 2.05) is 0 Å². The summed E-state index contributed by atoms with van der Waals surface area (Å²) in [6.45, 7) is 3.08. The Bertz CT molecular complexity index is 178. The van der Waals surface area contributed by atoms with Gasteiger partial charge in [0.05, 0.1) is 5.54 Å². The Hall–Kier alpha value is -0.710. The molecule has 1 fully saturated rings. The van der Waals surface area contributed by atoms with Gasteiger partial charge in [-0.25, -0.2) is 0 Å². The highest BCUT2D eigenvalue weighted by Gasteiger charge is 2.32. The van der Waals surface area contributed by atoms with Gasteiger partial charge >= 0.3 is 6.43 Å². The fourth-order valence-corrected chi connectivity index (χ4v) is 1.28. The molecule has 1 heterocycles. The molecule has 12 heavy (non-hydrogen) atoms. The van der Waals surface area contributed by atoms with Crippen LogP contribution in [0.4, 0.5) is 8.78 Å². The fourth-order valence-electron chi connectivity index (χ4n) is 1.28. The van der Waals surface area contributed by atoms with Crippen molar-refractivity contribution in [2.45, 2.75) is 25.3 Å². The van der Waals surface area contributed by atoms with Crippen LogP contribution < -0.4 is 10.6 Å². The molecule has 0 radical (unpaired) electrons. The van der Waals surface area contributed by atoms with Crippen molar-refractivity contribution in [3.63, 3.8) is 0 Å². The number of hydrogen-bond donors (Lipinski definition) is 2. The van der Waals surface area contributed by atoms with Gasteiger partial charge in [0.25, 0.3) is 5.91 Å². The zero-order valence-electron chi connectivity index (χ0n) is 6.86. The molecule has 0 bridgehead atoms. The first-order valence-electron chi connectivity index (χ1n) is 3.84. The van der Waals surface area contributed by atoms with E-state index in [2.05, 4.69) is 10.6 Å². The maximum atomic E-state index is 11.8. The van der Waals surface area contributed by atoms with Gasteiger partial charge in [-0.15, -0.1) is 0 Å². The lowest BCUT2D eigenvalue weighted by Crippen LogP contribution is -2.49. The van der Waals surface area contributed by atoms with Gasteiger partial charge in [0.1, 0.15) is 0 Å². The average Bonchev–Trinajstić information content (AvgIpc) is 2.35. The van der Waals surface area contributed by atoms with Crippen LogP contribution in [0.25, 0.3) is 0 Å². The zero-order chi connectivity index (χ0) is 9.19. The van der Waals surface area contributed by atoms with E-state index in [-0.39, 0.29) is 0 Å². The highest BCUT2D eigenvalue weighted by molar-refractivity contribution is 5.79. The van der Waals surface area contributed by atoms with Crippen LogP contribution in [-0.4, -0.2) is 31.0 Å². The van der Waals surface area contributed by atoms with Crippen molar-refractivity contribution in [3.8, 4) is 0 Å². The van der Waals surface area contributed by atoms with Gasteiger partial charge in [-0.1, -0.05) is 0 Å². The van der Waals surface area contributed by atoms with Crippen LogP contribution >= 0.6 is 0 Å². The fraction of sp³-hybridized carbons (Fsp3) is 0.857. The van der Waals surface area contributed by atoms with Crippen LogP contribution in [-0.2, 0) is 4.79 Å². The van der Waals surface area contributed by atoms with Gasteiger partial charge < -0.3 is 10.6 Å². The first-order valence-corrected chi connectivity index (χ1v) is 3.84. The molecule has 0 spiro atoms. The standard InChI is InChI=1S/C7H12F2N2O/c1-7(2-3-10-4-7)11-6(12)5(8)9/h5,10H,2-4H2,1H3,(H,11,12). The third-order valence-corrected chi connectivity index (χ3v) is 1.99. The van der Waals surface area contributed by atoms with E-state index in [9.17, 15) is 13.6 Å². The predicted molar refractivity (Wildman–Crippen MR) is 40.0 cm³/mol. The Morgan fingerprint density at radius 1 is 1.67 bits per heavy atom. The largest absolute Gasteiger partial charge is 0.345 e. The number of rotatable bonds is 2. The molecule has 0 aromatic carbocycles. The van der Waals surface area contributed by atoms with E-state index >= 15 is 0 Å². The summed E-state index contributed by atoms with van der Waals surface area (Å²) in [7, 11) is 0. The Labute approximate surface area is 69.5 Å². The van der Waals surface area contributed by atoms with Crippen LogP contribution in [0, 0.1) is 0 Å². The highest BCUT2D eigenvalue weighted by atomic mass is 19.3. The minimum atomic E-state index is -2.91. The second-order valence-corrected chi connectivity index (χ2v) is 3.28. The summed E-state index contributed by atoms with van der Waals surface area (Å²) in [5.74, 6) is -1.18. The van der Waals surface area contributed by atoms with Crippen molar-refractivity contribution < 1.29 is 13.6 Å². The number of nitrogens with one attached hydrogen (secondary N) is 2. The Morgan fingerprint density at radius 2 is 2.33 bits per heavy atom. The number of carbonyl (C=O) groups excluding carboxylic acids is 1. The summed E-state index contributed by atoms with van der Waals surface area (Å²) >= 11 is 0. The topological polar surface area (TPSA) is 41.1 Å². The third kappa shape index (κ3) is 2.14. The second kappa shape index (κ2) is 3.35. The van der Waals surface area contributed by atoms with Gasteiger partial charge in [-0.3, -0.25) is 4.79 Å². The van der Waals surface area contributed by atoms with Crippen molar-refractivity contribution >= 4 is 5.91 Å². The lowest BCUT2D eigenvalue weighted by atomic mass is 10.0. The molecule has 5 heteroatoms. The maximum absolute atomic E-state index is 11.8. The molecule has 0 aliphatic carbocycles. The average molecular weight is 178 g/mol. The normalized spacial score (nSPS) is 29.3. The minimum absolute atomic E-state index is 0.493. The van der Waals surface area contributed by atoms with E-state index in [4.69, 9.17) is 0 Å². The number of carbonyl (C=O) groups is 1. The lowest BCUT2D eigenvalue weighted by Gasteiger charge is -2.23. The molecule has 1 aliphatic rings. The van der Waals surface area contributed by atoms with E-state index in [1.54, 1.807) is 6.92 Å². The van der Waals surface area contributed by atoms with E-state index in [0.717, 1.165) is 6.54 Å². The molecular formula is C7H12F2N2O. The highest BCUT2D eigenvalue weighted by Crippen LogP contribution is 2.13. The van der Waals surface area contributed by atoms with Crippen molar-refractivity contribution in [1.29, 1.82) is 0 Å². The van der Waals surface area contributed by atoms with E-state index in [0.29, 0.717) is 13.0 Å². The van der Waals surface area contributed by atoms with Gasteiger partial charge in [-0.05, 0) is 19.9 Å². The van der Waals surface area contributed by atoms with Gasteiger partial charge in [-0.2, -0.15) is 8.78 Å². The predicted octanol–water partition coefficient (Wildman–Crippen LogP) is 0.120.